The molecule has 0 aliphatic carbocycles. The Balaban J connectivity index is -0.000000101. The number of aliphatic imine (C=N–C) groups is 2. The van der Waals surface area contributed by atoms with Crippen LogP contribution in [0.25, 0.3) is 0 Å². The van der Waals surface area contributed by atoms with Gasteiger partial charge in [0.25, 0.3) is 0 Å². The molecule has 2 aliphatic heterocycles. The second kappa shape index (κ2) is 108. The summed E-state index contributed by atoms with van der Waals surface area (Å²) in [6.45, 7) is 65.9. The van der Waals surface area contributed by atoms with Crippen LogP contribution in [0.15, 0.2) is 84.1 Å². The van der Waals surface area contributed by atoms with E-state index in [0.717, 1.165) is 116 Å². The van der Waals surface area contributed by atoms with Crippen LogP contribution in [0.2, 0.25) is 0 Å². The smallest absolute Gasteiger partial charge is 0.244 e. The zero-order chi connectivity index (χ0) is 86.3. The van der Waals surface area contributed by atoms with Crippen LogP contribution >= 0.6 is 0 Å². The molecule has 6 amide bonds. The number of hydrogen-bond acceptors (Lipinski definition) is 16. The number of rotatable bonds is 28. The predicted molar refractivity (Wildman–Crippen MR) is 458 cm³/mol. The van der Waals surface area contributed by atoms with E-state index in [1.54, 1.807) is 67.4 Å². The van der Waals surface area contributed by atoms with Crippen LogP contribution in [-0.2, 0) is 83.4 Å². The van der Waals surface area contributed by atoms with Gasteiger partial charge in [0.1, 0.15) is 11.7 Å². The van der Waals surface area contributed by atoms with Gasteiger partial charge in [0.2, 0.25) is 59.2 Å². The van der Waals surface area contributed by atoms with Crippen molar-refractivity contribution in [2.45, 2.75) is 285 Å². The highest BCUT2D eigenvalue weighted by molar-refractivity contribution is 5.97. The monoisotopic (exact) mass is 1540 g/mol. The van der Waals surface area contributed by atoms with Crippen molar-refractivity contribution in [1.29, 1.82) is 0 Å². The standard InChI is InChI=1S/2C14H19N5O2.C13H18N6O2.3C5H12O2.12C2H6/c2*1-11(20)16-13-5-3-7-18(13)8-4-9-19-10-6-15-14(19)17-12(2)21;1-10(20)16-12-14-4-8-18(12)6-3-7-19-9-5-15-13(19)17-11(2)21;3*1-6-4-3-5-7-2;12*1-2/h2*3,6-7,10H,4-5,8-9H2,1-2H3,(H,15,17,21);4-5,8-9H,3,6-7H2,1-2H3,(H,14,16,20)(H,15,17,21);3*3-5H2,1-2H3;12*1-2H3. The zero-order valence-electron chi connectivity index (χ0n) is 75.3. The third-order valence-corrected chi connectivity index (χ3v) is 10.9. The van der Waals surface area contributed by atoms with Crippen LogP contribution < -0.4 is 21.3 Å². The number of amidine groups is 2. The fourth-order valence-corrected chi connectivity index (χ4v) is 7.33. The number of aromatic nitrogens is 8. The van der Waals surface area contributed by atoms with E-state index < -0.39 is 0 Å². The first-order valence-electron chi connectivity index (χ1n) is 39.5. The van der Waals surface area contributed by atoms with Crippen LogP contribution in [0.4, 0.5) is 23.8 Å². The summed E-state index contributed by atoms with van der Waals surface area (Å²) >= 11 is 0. The van der Waals surface area contributed by atoms with Crippen molar-refractivity contribution in [3.63, 3.8) is 0 Å². The molecular weight excluding hydrogens is 1380 g/mol. The Bertz CT molecular complexity index is 2420. The van der Waals surface area contributed by atoms with E-state index in [9.17, 15) is 28.8 Å². The van der Waals surface area contributed by atoms with Gasteiger partial charge in [-0.3, -0.25) is 50.0 Å². The molecule has 4 aromatic heterocycles. The molecule has 2 aliphatic rings. The van der Waals surface area contributed by atoms with E-state index >= 15 is 0 Å². The summed E-state index contributed by atoms with van der Waals surface area (Å²) in [6, 6.07) is 0. The lowest BCUT2D eigenvalue weighted by Crippen LogP contribution is -2.24. The molecule has 0 bridgehead atoms. The van der Waals surface area contributed by atoms with Gasteiger partial charge in [-0.05, 0) is 38.5 Å². The molecule has 0 unspecified atom stereocenters. The Kier molecular flexibility index (Phi) is 127. The maximum Gasteiger partial charge on any atom is 0.244 e. The Hall–Kier alpha value is -7.76. The number of amides is 6. The number of aryl methyl sites for hydroxylation is 4. The molecule has 0 fully saturated rings. The Morgan fingerprint density at radius 1 is 0.315 bits per heavy atom. The summed E-state index contributed by atoms with van der Waals surface area (Å²) in [5.74, 6) is 2.82. The molecule has 636 valence electrons. The Morgan fingerprint density at radius 3 is 0.667 bits per heavy atom. The number of nitrogens with zero attached hydrogens (tertiary/aromatic N) is 12. The predicted octanol–water partition coefficient (Wildman–Crippen LogP) is 18.2. The summed E-state index contributed by atoms with van der Waals surface area (Å²) in [7, 11) is 10.1. The molecule has 0 aromatic carbocycles. The normalized spacial score (nSPS) is 10.6. The molecule has 4 N–H and O–H groups in total. The van der Waals surface area contributed by atoms with Gasteiger partial charge in [0.15, 0.2) is 0 Å². The minimum Gasteiger partial charge on any atom is -0.385 e. The van der Waals surface area contributed by atoms with Crippen LogP contribution in [-0.4, -0.2) is 191 Å². The minimum atomic E-state index is -0.179. The zero-order valence-corrected chi connectivity index (χ0v) is 75.3. The van der Waals surface area contributed by atoms with Gasteiger partial charge in [-0.25, -0.2) is 19.9 Å². The van der Waals surface area contributed by atoms with Crippen LogP contribution in [0.5, 0.6) is 0 Å². The molecule has 6 rings (SSSR count). The number of anilines is 4. The molecule has 4 aromatic rings. The van der Waals surface area contributed by atoms with E-state index in [2.05, 4.69) is 51.2 Å². The second-order valence-electron chi connectivity index (χ2n) is 18.2. The Labute approximate surface area is 659 Å². The number of methoxy groups -OCH3 is 6. The van der Waals surface area contributed by atoms with Crippen molar-refractivity contribution in [2.24, 2.45) is 9.98 Å². The molecule has 28 heteroatoms. The lowest BCUT2D eigenvalue weighted by Gasteiger charge is -2.17. The molecule has 108 heavy (non-hydrogen) atoms. The highest BCUT2D eigenvalue weighted by Gasteiger charge is 2.16. The second-order valence-corrected chi connectivity index (χ2v) is 18.2. The average molecular weight is 1540 g/mol. The SMILES string of the molecule is CC.CC.CC.CC.CC.CC.CC.CC.CC.CC.CC.CC.CC(=O)N=C1CC=CN1CCCn1ccnc1NC(C)=O.CC(=O)N=C1CC=CN1CCCn1ccnc1NC(C)=O.CC(=O)Nc1nccn1CCCn1ccnc1NC(C)=O.COCCCOC.COCCCOC.COCCCOC. The van der Waals surface area contributed by atoms with Crippen molar-refractivity contribution in [3.05, 3.63) is 74.1 Å². The van der Waals surface area contributed by atoms with Crippen molar-refractivity contribution in [3.8, 4) is 0 Å². The highest BCUT2D eigenvalue weighted by atomic mass is 16.5. The molecular formula is C80H164N16O12. The number of ether oxygens (including phenoxy) is 6. The topological polar surface area (TPSA) is 308 Å². The van der Waals surface area contributed by atoms with Crippen molar-refractivity contribution in [2.75, 3.05) is 117 Å². The van der Waals surface area contributed by atoms with Gasteiger partial charge in [0.05, 0.1) is 0 Å². The van der Waals surface area contributed by atoms with E-state index in [1.165, 1.54) is 41.5 Å². The number of hydrogen-bond donors (Lipinski definition) is 4. The largest absolute Gasteiger partial charge is 0.385 e. The van der Waals surface area contributed by atoms with Gasteiger partial charge in [0, 0.05) is 238 Å². The quantitative estimate of drug-likeness (QED) is 0.0384. The van der Waals surface area contributed by atoms with E-state index in [0.29, 0.717) is 49.7 Å². The van der Waals surface area contributed by atoms with E-state index in [1.807, 2.05) is 244 Å². The van der Waals surface area contributed by atoms with Crippen molar-refractivity contribution in [1.82, 2.24) is 48.0 Å². The van der Waals surface area contributed by atoms with Crippen LogP contribution in [0.1, 0.15) is 259 Å². The summed E-state index contributed by atoms with van der Waals surface area (Å²) in [6.07, 6.45) is 28.6. The Morgan fingerprint density at radius 2 is 0.500 bits per heavy atom. The summed E-state index contributed by atoms with van der Waals surface area (Å²) in [4.78, 5) is 94.7. The first-order valence-corrected chi connectivity index (χ1v) is 39.5. The third kappa shape index (κ3) is 82.3. The maximum atomic E-state index is 11.1. The third-order valence-electron chi connectivity index (χ3n) is 10.9. The summed E-state index contributed by atoms with van der Waals surface area (Å²) in [5.41, 5.74) is 0. The fourth-order valence-electron chi connectivity index (χ4n) is 7.33. The number of carbonyl (C=O) groups is 6. The molecule has 28 nitrogen and oxygen atoms in total. The van der Waals surface area contributed by atoms with E-state index in [4.69, 9.17) is 28.4 Å². The van der Waals surface area contributed by atoms with Crippen molar-refractivity contribution < 1.29 is 57.2 Å². The van der Waals surface area contributed by atoms with Gasteiger partial charge >= 0.3 is 0 Å². The maximum absolute atomic E-state index is 11.1. The first kappa shape index (κ1) is 127. The van der Waals surface area contributed by atoms with E-state index in [-0.39, 0.29) is 35.4 Å². The average Bonchev–Trinajstić information content (AvgIpc) is 1.75. The summed E-state index contributed by atoms with van der Waals surface area (Å²) in [5, 5.41) is 10.7. The molecule has 6 heterocycles. The molecule has 0 saturated heterocycles. The van der Waals surface area contributed by atoms with Gasteiger partial charge in [-0.2, -0.15) is 9.98 Å². The molecule has 0 spiro atoms. The van der Waals surface area contributed by atoms with Crippen LogP contribution in [0.3, 0.4) is 0 Å². The first-order chi connectivity index (χ1) is 52.4. The van der Waals surface area contributed by atoms with Gasteiger partial charge < -0.3 is 56.5 Å². The molecule has 0 atom stereocenters. The molecule has 0 saturated carbocycles. The molecule has 0 radical (unpaired) electrons. The van der Waals surface area contributed by atoms with Gasteiger partial charge in [-0.1, -0.05) is 178 Å². The number of imidazole rings is 4. The van der Waals surface area contributed by atoms with Crippen molar-refractivity contribution >= 4 is 70.9 Å². The lowest BCUT2D eigenvalue weighted by atomic mass is 10.3. The summed E-state index contributed by atoms with van der Waals surface area (Å²) < 4.78 is 36.1. The minimum absolute atomic E-state index is 0.138. The number of nitrogens with one attached hydrogen (secondary N) is 4. The fraction of sp³-hybridized carbons (Fsp3) is 0.700. The highest BCUT2D eigenvalue weighted by Crippen LogP contribution is 2.14. The lowest BCUT2D eigenvalue weighted by molar-refractivity contribution is -0.116. The van der Waals surface area contributed by atoms with Gasteiger partial charge in [-0.15, -0.1) is 0 Å². The number of carbonyl (C=O) groups excluding carboxylic acids is 6. The van der Waals surface area contributed by atoms with Crippen LogP contribution in [0, 0.1) is 0 Å².